The number of rotatable bonds is 7. The highest BCUT2D eigenvalue weighted by molar-refractivity contribution is 5.94. The minimum Gasteiger partial charge on any atom is -0.463 e. The summed E-state index contributed by atoms with van der Waals surface area (Å²) in [5.41, 5.74) is 0.361. The maximum atomic E-state index is 12.7. The second-order valence-corrected chi connectivity index (χ2v) is 6.59. The number of nitrogens with one attached hydrogen (secondary N) is 1. The van der Waals surface area contributed by atoms with Gasteiger partial charge in [0.25, 0.3) is 5.91 Å². The zero-order valence-corrected chi connectivity index (χ0v) is 17.2. The van der Waals surface area contributed by atoms with Crippen molar-refractivity contribution in [2.24, 2.45) is 0 Å². The minimum atomic E-state index is -1.15. The van der Waals surface area contributed by atoms with Crippen LogP contribution in [0, 0.1) is 0 Å². The molecule has 1 aromatic carbocycles. The van der Waals surface area contributed by atoms with Gasteiger partial charge in [0.1, 0.15) is 18.8 Å². The summed E-state index contributed by atoms with van der Waals surface area (Å²) >= 11 is 0. The van der Waals surface area contributed by atoms with Gasteiger partial charge in [0.2, 0.25) is 0 Å². The Balaban J connectivity index is 2.36. The van der Waals surface area contributed by atoms with Crippen LogP contribution < -0.4 is 5.32 Å². The first-order valence-corrected chi connectivity index (χ1v) is 9.25. The highest BCUT2D eigenvalue weighted by Crippen LogP contribution is 2.27. The van der Waals surface area contributed by atoms with Crippen LogP contribution in [-0.4, -0.2) is 68.2 Å². The highest BCUT2D eigenvalue weighted by Gasteiger charge is 2.51. The summed E-state index contributed by atoms with van der Waals surface area (Å²) in [7, 11) is 1.34. The highest BCUT2D eigenvalue weighted by atomic mass is 16.7. The third-order valence-electron chi connectivity index (χ3n) is 4.27. The Kier molecular flexibility index (Phi) is 8.31. The predicted octanol–water partition coefficient (Wildman–Crippen LogP) is 0.583. The fourth-order valence-electron chi connectivity index (χ4n) is 3.08. The van der Waals surface area contributed by atoms with Gasteiger partial charge in [-0.15, -0.1) is 0 Å². The quantitative estimate of drug-likeness (QED) is 0.495. The summed E-state index contributed by atoms with van der Waals surface area (Å²) in [5.74, 6) is -2.38. The molecular formula is C20H25NO9. The molecule has 10 heteroatoms. The summed E-state index contributed by atoms with van der Waals surface area (Å²) in [6.45, 7) is 3.29. The molecule has 1 saturated heterocycles. The molecule has 1 aromatic rings. The Labute approximate surface area is 173 Å². The maximum absolute atomic E-state index is 12.7. The summed E-state index contributed by atoms with van der Waals surface area (Å²) in [5, 5.41) is 2.72. The third kappa shape index (κ3) is 6.26. The normalized spacial score (nSPS) is 25.7. The van der Waals surface area contributed by atoms with E-state index in [0.717, 1.165) is 0 Å². The third-order valence-corrected chi connectivity index (χ3v) is 4.27. The minimum absolute atomic E-state index is 0.274. The van der Waals surface area contributed by atoms with Crippen LogP contribution in [0.1, 0.15) is 31.1 Å². The van der Waals surface area contributed by atoms with Gasteiger partial charge in [-0.25, -0.2) is 0 Å². The molecule has 1 aliphatic rings. The molecule has 0 unspecified atom stereocenters. The van der Waals surface area contributed by atoms with Gasteiger partial charge in [-0.05, 0) is 12.1 Å². The summed E-state index contributed by atoms with van der Waals surface area (Å²) in [6.07, 6.45) is -4.37. The van der Waals surface area contributed by atoms with E-state index in [-0.39, 0.29) is 6.61 Å². The summed E-state index contributed by atoms with van der Waals surface area (Å²) in [6, 6.07) is 7.35. The van der Waals surface area contributed by atoms with Gasteiger partial charge in [0, 0.05) is 33.4 Å². The fraction of sp³-hybridized carbons (Fsp3) is 0.500. The molecule has 0 spiro atoms. The number of hydrogen-bond donors (Lipinski definition) is 1. The lowest BCUT2D eigenvalue weighted by molar-refractivity contribution is -0.270. The van der Waals surface area contributed by atoms with Gasteiger partial charge in [0.15, 0.2) is 18.5 Å². The van der Waals surface area contributed by atoms with Gasteiger partial charge >= 0.3 is 17.9 Å². The van der Waals surface area contributed by atoms with E-state index < -0.39 is 54.5 Å². The molecule has 1 amide bonds. The van der Waals surface area contributed by atoms with E-state index in [2.05, 4.69) is 5.32 Å². The lowest BCUT2D eigenvalue weighted by atomic mass is 9.95. The molecule has 1 heterocycles. The lowest BCUT2D eigenvalue weighted by Crippen LogP contribution is -2.66. The molecule has 2 rings (SSSR count). The molecule has 164 valence electrons. The van der Waals surface area contributed by atoms with E-state index in [1.165, 1.54) is 27.9 Å². The number of amides is 1. The largest absolute Gasteiger partial charge is 0.463 e. The van der Waals surface area contributed by atoms with Gasteiger partial charge in [0.05, 0.1) is 0 Å². The molecule has 0 saturated carbocycles. The number of carbonyl (C=O) groups excluding carboxylic acids is 4. The Morgan fingerprint density at radius 2 is 1.53 bits per heavy atom. The van der Waals surface area contributed by atoms with Crippen molar-refractivity contribution in [3.63, 3.8) is 0 Å². The molecule has 30 heavy (non-hydrogen) atoms. The SMILES string of the molecule is CO[C@H]1O[C@H](COC(C)=O)[C@@H](OC(C)=O)[C@H](OC(C)=O)[C@H]1NC(=O)c1ccccc1. The summed E-state index contributed by atoms with van der Waals surface area (Å²) in [4.78, 5) is 47.4. The predicted molar refractivity (Wildman–Crippen MR) is 101 cm³/mol. The average molecular weight is 423 g/mol. The number of carbonyl (C=O) groups is 4. The first-order valence-electron chi connectivity index (χ1n) is 9.25. The standard InChI is InChI=1S/C20H25NO9/c1-11(22)27-10-15-17(28-12(2)23)18(29-13(3)24)16(20(26-4)30-15)21-19(25)14-8-6-5-7-9-14/h5-9,15-18,20H,10H2,1-4H3,(H,21,25)/t15-,16-,17-,18-,20+/m1/s1. The maximum Gasteiger partial charge on any atom is 0.303 e. The Morgan fingerprint density at radius 1 is 0.933 bits per heavy atom. The zero-order chi connectivity index (χ0) is 22.3. The Hall–Kier alpha value is -2.98. The van der Waals surface area contributed by atoms with Crippen molar-refractivity contribution >= 4 is 23.8 Å². The van der Waals surface area contributed by atoms with Crippen molar-refractivity contribution in [3.05, 3.63) is 35.9 Å². The van der Waals surface area contributed by atoms with Crippen LogP contribution in [0.5, 0.6) is 0 Å². The Bertz CT molecular complexity index is 767. The van der Waals surface area contributed by atoms with Gasteiger partial charge < -0.3 is 29.0 Å². The average Bonchev–Trinajstić information content (AvgIpc) is 2.69. The van der Waals surface area contributed by atoms with Crippen LogP contribution in [0.4, 0.5) is 0 Å². The van der Waals surface area contributed by atoms with Crippen LogP contribution >= 0.6 is 0 Å². The van der Waals surface area contributed by atoms with Gasteiger partial charge in [-0.1, -0.05) is 18.2 Å². The number of esters is 3. The van der Waals surface area contributed by atoms with Crippen molar-refractivity contribution in [1.82, 2.24) is 5.32 Å². The molecule has 10 nitrogen and oxygen atoms in total. The number of benzene rings is 1. The van der Waals surface area contributed by atoms with Gasteiger partial charge in [-0.3, -0.25) is 19.2 Å². The van der Waals surface area contributed by atoms with Crippen LogP contribution in [0.3, 0.4) is 0 Å². The van der Waals surface area contributed by atoms with Crippen molar-refractivity contribution < 1.29 is 42.9 Å². The second-order valence-electron chi connectivity index (χ2n) is 6.59. The second kappa shape index (κ2) is 10.7. The first kappa shape index (κ1) is 23.3. The van der Waals surface area contributed by atoms with E-state index in [1.807, 2.05) is 0 Å². The molecule has 1 fully saturated rings. The van der Waals surface area contributed by atoms with Crippen molar-refractivity contribution in [3.8, 4) is 0 Å². The van der Waals surface area contributed by atoms with E-state index in [0.29, 0.717) is 5.56 Å². The molecule has 0 aromatic heterocycles. The van der Waals surface area contributed by atoms with Crippen molar-refractivity contribution in [1.29, 1.82) is 0 Å². The topological polar surface area (TPSA) is 126 Å². The number of ether oxygens (including phenoxy) is 5. The summed E-state index contributed by atoms with van der Waals surface area (Å²) < 4.78 is 26.8. The fourth-order valence-corrected chi connectivity index (χ4v) is 3.08. The molecule has 0 radical (unpaired) electrons. The van der Waals surface area contributed by atoms with E-state index >= 15 is 0 Å². The van der Waals surface area contributed by atoms with E-state index in [4.69, 9.17) is 23.7 Å². The van der Waals surface area contributed by atoms with Crippen molar-refractivity contribution in [2.45, 2.75) is 51.4 Å². The number of hydrogen-bond acceptors (Lipinski definition) is 9. The molecule has 0 aliphatic carbocycles. The van der Waals surface area contributed by atoms with Crippen LogP contribution in [0.15, 0.2) is 30.3 Å². The number of methoxy groups -OCH3 is 1. The van der Waals surface area contributed by atoms with E-state index in [1.54, 1.807) is 30.3 Å². The molecular weight excluding hydrogens is 398 g/mol. The molecule has 1 N–H and O–H groups in total. The Morgan fingerprint density at radius 3 is 2.07 bits per heavy atom. The first-order chi connectivity index (χ1) is 14.2. The van der Waals surface area contributed by atoms with Crippen LogP contribution in [0.25, 0.3) is 0 Å². The van der Waals surface area contributed by atoms with Crippen LogP contribution in [0.2, 0.25) is 0 Å². The van der Waals surface area contributed by atoms with E-state index in [9.17, 15) is 19.2 Å². The monoisotopic (exact) mass is 423 g/mol. The van der Waals surface area contributed by atoms with Gasteiger partial charge in [-0.2, -0.15) is 0 Å². The zero-order valence-electron chi connectivity index (χ0n) is 17.2. The smallest absolute Gasteiger partial charge is 0.303 e. The molecule has 0 bridgehead atoms. The van der Waals surface area contributed by atoms with Crippen molar-refractivity contribution in [2.75, 3.05) is 13.7 Å². The van der Waals surface area contributed by atoms with Crippen LogP contribution in [-0.2, 0) is 38.1 Å². The lowest BCUT2D eigenvalue weighted by Gasteiger charge is -2.44. The molecule has 1 aliphatic heterocycles. The molecule has 5 atom stereocenters.